The van der Waals surface area contributed by atoms with Crippen molar-refractivity contribution in [2.45, 2.75) is 19.9 Å². The van der Waals surface area contributed by atoms with E-state index in [1.807, 2.05) is 35.3 Å². The van der Waals surface area contributed by atoms with Gasteiger partial charge >= 0.3 is 5.97 Å². The van der Waals surface area contributed by atoms with E-state index in [0.29, 0.717) is 11.6 Å². The number of benzene rings is 2. The van der Waals surface area contributed by atoms with Crippen LogP contribution in [0.4, 0.5) is 0 Å². The van der Waals surface area contributed by atoms with Gasteiger partial charge in [0, 0.05) is 17.8 Å². The average molecular weight is 280 g/mol. The average Bonchev–Trinajstić information content (AvgIpc) is 2.96. The van der Waals surface area contributed by atoms with E-state index in [1.165, 1.54) is 0 Å². The third kappa shape index (κ3) is 2.52. The molecule has 3 aromatic rings. The van der Waals surface area contributed by atoms with Crippen molar-refractivity contribution in [2.75, 3.05) is 0 Å². The third-order valence-electron chi connectivity index (χ3n) is 3.55. The van der Waals surface area contributed by atoms with Gasteiger partial charge in [-0.1, -0.05) is 18.2 Å². The molecular formula is C17H16N2O2. The van der Waals surface area contributed by atoms with Gasteiger partial charge in [-0.2, -0.15) is 5.10 Å². The van der Waals surface area contributed by atoms with Crippen LogP contribution in [0, 0.1) is 0 Å². The van der Waals surface area contributed by atoms with E-state index >= 15 is 0 Å². The van der Waals surface area contributed by atoms with E-state index in [1.54, 1.807) is 12.1 Å². The summed E-state index contributed by atoms with van der Waals surface area (Å²) in [7, 11) is 0. The molecule has 0 aliphatic heterocycles. The van der Waals surface area contributed by atoms with Gasteiger partial charge in [0.05, 0.1) is 11.8 Å². The highest BCUT2D eigenvalue weighted by molar-refractivity contribution is 5.95. The monoisotopic (exact) mass is 280 g/mol. The second-order valence-electron chi connectivity index (χ2n) is 5.38. The fourth-order valence-electron chi connectivity index (χ4n) is 2.33. The van der Waals surface area contributed by atoms with Crippen molar-refractivity contribution in [1.29, 1.82) is 0 Å². The summed E-state index contributed by atoms with van der Waals surface area (Å²) in [5.41, 5.74) is 2.45. The topological polar surface area (TPSA) is 55.1 Å². The molecule has 106 valence electrons. The van der Waals surface area contributed by atoms with Crippen molar-refractivity contribution < 1.29 is 9.90 Å². The number of fused-ring (bicyclic) bond motifs is 1. The second kappa shape index (κ2) is 5.05. The van der Waals surface area contributed by atoms with Gasteiger partial charge in [-0.05, 0) is 48.4 Å². The lowest BCUT2D eigenvalue weighted by Crippen LogP contribution is -1.99. The largest absolute Gasteiger partial charge is 0.478 e. The second-order valence-corrected chi connectivity index (χ2v) is 5.38. The first kappa shape index (κ1) is 13.4. The number of nitrogens with zero attached hydrogens (tertiary/aromatic N) is 2. The molecule has 0 bridgehead atoms. The normalized spacial score (nSPS) is 11.2. The number of hydrogen-bond acceptors (Lipinski definition) is 2. The van der Waals surface area contributed by atoms with Gasteiger partial charge in [-0.15, -0.1) is 0 Å². The van der Waals surface area contributed by atoms with Crippen LogP contribution >= 0.6 is 0 Å². The molecule has 2 aromatic carbocycles. The molecule has 0 amide bonds. The minimum Gasteiger partial charge on any atom is -0.478 e. The molecule has 1 N–H and O–H groups in total. The molecule has 0 atom stereocenters. The van der Waals surface area contributed by atoms with Crippen LogP contribution in [0.1, 0.15) is 30.2 Å². The summed E-state index contributed by atoms with van der Waals surface area (Å²) in [6, 6.07) is 11.5. The first-order valence-corrected chi connectivity index (χ1v) is 6.86. The summed E-state index contributed by atoms with van der Waals surface area (Å²) in [6.45, 7) is 4.18. The summed E-state index contributed by atoms with van der Waals surface area (Å²) >= 11 is 0. The third-order valence-corrected chi connectivity index (χ3v) is 3.55. The highest BCUT2D eigenvalue weighted by atomic mass is 16.4. The number of rotatable bonds is 3. The predicted octanol–water partition coefficient (Wildman–Crippen LogP) is 3.98. The molecule has 1 heterocycles. The SMILES string of the molecule is CC(C)n1cc(-c2ccc3cc(C(=O)O)ccc3c2)cn1. The molecule has 0 radical (unpaired) electrons. The lowest BCUT2D eigenvalue weighted by molar-refractivity contribution is 0.0697. The van der Waals surface area contributed by atoms with Crippen molar-refractivity contribution in [3.05, 3.63) is 54.4 Å². The van der Waals surface area contributed by atoms with E-state index in [4.69, 9.17) is 5.11 Å². The zero-order valence-corrected chi connectivity index (χ0v) is 11.9. The van der Waals surface area contributed by atoms with Crippen LogP contribution in [0.5, 0.6) is 0 Å². The summed E-state index contributed by atoms with van der Waals surface area (Å²) < 4.78 is 1.92. The van der Waals surface area contributed by atoms with Gasteiger partial charge in [0.1, 0.15) is 0 Å². The van der Waals surface area contributed by atoms with E-state index < -0.39 is 5.97 Å². The maximum absolute atomic E-state index is 11.0. The number of hydrogen-bond donors (Lipinski definition) is 1. The first-order chi connectivity index (χ1) is 10.0. The highest BCUT2D eigenvalue weighted by Crippen LogP contribution is 2.25. The molecule has 0 saturated carbocycles. The molecule has 1 aromatic heterocycles. The molecule has 0 fully saturated rings. The Balaban J connectivity index is 2.04. The smallest absolute Gasteiger partial charge is 0.335 e. The molecule has 0 aliphatic carbocycles. The zero-order chi connectivity index (χ0) is 15.0. The van der Waals surface area contributed by atoms with Crippen LogP contribution in [-0.4, -0.2) is 20.9 Å². The van der Waals surface area contributed by atoms with E-state index in [-0.39, 0.29) is 0 Å². The Morgan fingerprint density at radius 1 is 1.10 bits per heavy atom. The van der Waals surface area contributed by atoms with Crippen LogP contribution in [0.3, 0.4) is 0 Å². The van der Waals surface area contributed by atoms with Gasteiger partial charge in [0.25, 0.3) is 0 Å². The van der Waals surface area contributed by atoms with Crippen molar-refractivity contribution >= 4 is 16.7 Å². The summed E-state index contributed by atoms with van der Waals surface area (Å²) in [5.74, 6) is -0.904. The molecule has 4 nitrogen and oxygen atoms in total. The Labute approximate surface area is 122 Å². The molecule has 0 unspecified atom stereocenters. The van der Waals surface area contributed by atoms with E-state index in [0.717, 1.165) is 21.9 Å². The Kier molecular flexibility index (Phi) is 3.22. The molecule has 0 saturated heterocycles. The standard InChI is InChI=1S/C17H16N2O2/c1-11(2)19-10-16(9-18-19)14-4-3-13-8-15(17(20)21)6-5-12(13)7-14/h3-11H,1-2H3,(H,20,21). The maximum atomic E-state index is 11.0. The molecule has 0 aliphatic rings. The van der Waals surface area contributed by atoms with Gasteiger partial charge in [0.15, 0.2) is 0 Å². The lowest BCUT2D eigenvalue weighted by Gasteiger charge is -2.04. The minimum atomic E-state index is -0.904. The van der Waals surface area contributed by atoms with Crippen LogP contribution in [-0.2, 0) is 0 Å². The number of carbonyl (C=O) groups is 1. The van der Waals surface area contributed by atoms with Crippen molar-refractivity contribution in [3.63, 3.8) is 0 Å². The number of aromatic carboxylic acids is 1. The Bertz CT molecular complexity index is 819. The molecule has 21 heavy (non-hydrogen) atoms. The van der Waals surface area contributed by atoms with Crippen molar-refractivity contribution in [1.82, 2.24) is 9.78 Å². The molecular weight excluding hydrogens is 264 g/mol. The first-order valence-electron chi connectivity index (χ1n) is 6.86. The summed E-state index contributed by atoms with van der Waals surface area (Å²) in [6.07, 6.45) is 3.88. The molecule has 4 heteroatoms. The van der Waals surface area contributed by atoms with E-state index in [2.05, 4.69) is 25.0 Å². The Morgan fingerprint density at radius 3 is 2.48 bits per heavy atom. The lowest BCUT2D eigenvalue weighted by atomic mass is 10.0. The quantitative estimate of drug-likeness (QED) is 0.789. The van der Waals surface area contributed by atoms with Crippen LogP contribution in [0.15, 0.2) is 48.8 Å². The Morgan fingerprint density at radius 2 is 1.81 bits per heavy atom. The fraction of sp³-hybridized carbons (Fsp3) is 0.176. The van der Waals surface area contributed by atoms with Gasteiger partial charge < -0.3 is 5.11 Å². The predicted molar refractivity (Wildman–Crippen MR) is 82.5 cm³/mol. The minimum absolute atomic E-state index is 0.308. The van der Waals surface area contributed by atoms with Crippen molar-refractivity contribution in [2.24, 2.45) is 0 Å². The Hall–Kier alpha value is -2.62. The van der Waals surface area contributed by atoms with Gasteiger partial charge in [-0.25, -0.2) is 4.79 Å². The van der Waals surface area contributed by atoms with Crippen molar-refractivity contribution in [3.8, 4) is 11.1 Å². The zero-order valence-electron chi connectivity index (χ0n) is 11.9. The van der Waals surface area contributed by atoms with Crippen LogP contribution in [0.2, 0.25) is 0 Å². The maximum Gasteiger partial charge on any atom is 0.335 e. The number of aromatic nitrogens is 2. The van der Waals surface area contributed by atoms with E-state index in [9.17, 15) is 4.79 Å². The summed E-state index contributed by atoms with van der Waals surface area (Å²) in [4.78, 5) is 11.0. The van der Waals surface area contributed by atoms with Gasteiger partial charge in [0.2, 0.25) is 0 Å². The van der Waals surface area contributed by atoms with Gasteiger partial charge in [-0.3, -0.25) is 4.68 Å². The highest BCUT2D eigenvalue weighted by Gasteiger charge is 2.07. The molecule has 3 rings (SSSR count). The van der Waals surface area contributed by atoms with Crippen LogP contribution < -0.4 is 0 Å². The fourth-order valence-corrected chi connectivity index (χ4v) is 2.33. The number of carboxylic acids is 1. The van der Waals surface area contributed by atoms with Crippen LogP contribution in [0.25, 0.3) is 21.9 Å². The summed E-state index contributed by atoms with van der Waals surface area (Å²) in [5, 5.41) is 15.3. The number of carboxylic acid groups (broad SMARTS) is 1. The molecule has 0 spiro atoms.